The monoisotopic (exact) mass is 557 g/mol. The van der Waals surface area contributed by atoms with Gasteiger partial charge in [-0.3, -0.25) is 0 Å². The molecule has 0 rings (SSSR count). The summed E-state index contributed by atoms with van der Waals surface area (Å²) in [6.07, 6.45) is 0. The minimum atomic E-state index is 0. The average molecular weight is 561 g/mol. The molecule has 0 unspecified atom stereocenters. The summed E-state index contributed by atoms with van der Waals surface area (Å²) in [6, 6.07) is 0. The van der Waals surface area contributed by atoms with Crippen LogP contribution in [0.25, 0.3) is 0 Å². The maximum absolute atomic E-state index is 0. The first kappa shape index (κ1) is 24.0. The maximum atomic E-state index is 0. The normalized spacial score (nSPS) is 0. The number of hydrogen-bond acceptors (Lipinski definition) is 0. The minimum Gasteiger partial charge on any atom is 0 e. The average Bonchev–Trinajstić information content (AvgIpc) is 0. The topological polar surface area (TPSA) is 0 Å². The quantitative estimate of drug-likeness (QED) is 0.392. The molecule has 0 amide bonds. The van der Waals surface area contributed by atoms with Gasteiger partial charge in [0, 0.05) is 129 Å². The molecule has 0 saturated heterocycles. The minimum absolute atomic E-state index is 0. The van der Waals surface area contributed by atoms with Gasteiger partial charge in [0.25, 0.3) is 0 Å². The Morgan fingerprint density at radius 2 is 0.500 bits per heavy atom. The molecule has 1 radical (unpaired) electrons. The van der Waals surface area contributed by atoms with Gasteiger partial charge in [0.2, 0.25) is 0 Å². The van der Waals surface area contributed by atoms with E-state index in [2.05, 4.69) is 0 Å². The van der Waals surface area contributed by atoms with E-state index in [0.717, 1.165) is 0 Å². The summed E-state index contributed by atoms with van der Waals surface area (Å²) >= 11 is 0. The number of hydrogen-bond donors (Lipinski definition) is 0. The molecule has 0 nitrogen and oxygen atoms in total. The fourth-order valence-electron chi connectivity index (χ4n) is 0. The summed E-state index contributed by atoms with van der Waals surface area (Å²) in [5.41, 5.74) is 0. The van der Waals surface area contributed by atoms with Crippen molar-refractivity contribution in [1.29, 1.82) is 0 Å². The van der Waals surface area contributed by atoms with Crippen molar-refractivity contribution in [3.05, 3.63) is 0 Å². The van der Waals surface area contributed by atoms with Crippen molar-refractivity contribution >= 4 is 0 Å². The molecule has 0 aliphatic carbocycles. The van der Waals surface area contributed by atoms with Crippen molar-refractivity contribution < 1.29 is 129 Å². The molecule has 0 aliphatic rings. The van der Waals surface area contributed by atoms with E-state index >= 15 is 0 Å². The zero-order valence-corrected chi connectivity index (χ0v) is 7.80. The van der Waals surface area contributed by atoms with Crippen LogP contribution in [0.5, 0.6) is 0 Å². The largest absolute Gasteiger partial charge is 0 e. The van der Waals surface area contributed by atoms with Gasteiger partial charge in [-0.05, 0) is 0 Å². The first-order chi connectivity index (χ1) is 0. The fourth-order valence-corrected chi connectivity index (χ4v) is 0. The zero-order valence-electron chi connectivity index (χ0n) is 1.20. The third-order valence-electron chi connectivity index (χ3n) is 0. The zero-order chi connectivity index (χ0) is 0. The van der Waals surface area contributed by atoms with Crippen LogP contribution in [0.3, 0.4) is 0 Å². The van der Waals surface area contributed by atoms with Crippen LogP contribution in [0.1, 0.15) is 0 Å². The third-order valence-corrected chi connectivity index (χ3v) is 0. The van der Waals surface area contributed by atoms with Crippen LogP contribution in [0.4, 0.5) is 0 Å². The Labute approximate surface area is 125 Å². The maximum Gasteiger partial charge on any atom is 0 e. The molecule has 0 aliphatic heterocycles. The van der Waals surface area contributed by atoms with Crippen molar-refractivity contribution in [2.45, 2.75) is 0 Å². The van der Waals surface area contributed by atoms with E-state index in [4.69, 9.17) is 0 Å². The molecule has 45 valence electrons. The van der Waals surface area contributed by atoms with Crippen LogP contribution in [0.2, 0.25) is 0 Å². The molecule has 0 bridgehead atoms. The van der Waals surface area contributed by atoms with E-state index in [1.807, 2.05) is 0 Å². The van der Waals surface area contributed by atoms with Crippen LogP contribution < -0.4 is 0 Å². The smallest absolute Gasteiger partial charge is 0 e. The summed E-state index contributed by atoms with van der Waals surface area (Å²) in [7, 11) is 0. The van der Waals surface area contributed by atoms with Gasteiger partial charge in [0.05, 0.1) is 0 Å². The molecule has 4 heavy (non-hydrogen) atoms. The second-order valence-corrected chi connectivity index (χ2v) is 0. The molecule has 0 atom stereocenters. The molecule has 0 aromatic carbocycles. The van der Waals surface area contributed by atoms with Crippen molar-refractivity contribution in [1.82, 2.24) is 0 Å². The van der Waals surface area contributed by atoms with E-state index in [9.17, 15) is 0 Å². The summed E-state index contributed by atoms with van der Waals surface area (Å²) in [5, 5.41) is 0. The Hall–Kier alpha value is 4.25. The van der Waals surface area contributed by atoms with E-state index in [-0.39, 0.29) is 129 Å². The molecule has 0 aromatic heterocycles. The predicted molar refractivity (Wildman–Crippen MR) is 0 cm³/mol. The first-order valence-electron chi connectivity index (χ1n) is 0. The van der Waals surface area contributed by atoms with Crippen LogP contribution in [0, 0.1) is 112 Å². The van der Waals surface area contributed by atoms with E-state index in [0.29, 0.717) is 0 Å². The van der Waals surface area contributed by atoms with Gasteiger partial charge in [0.15, 0.2) is 0 Å². The molecule has 0 spiro atoms. The standard InChI is InChI=1S/Co.3Er. The molecule has 0 aromatic rings. The van der Waals surface area contributed by atoms with Crippen LogP contribution >= 0.6 is 0 Å². The Morgan fingerprint density at radius 3 is 0.500 bits per heavy atom. The van der Waals surface area contributed by atoms with Crippen molar-refractivity contribution in [3.8, 4) is 0 Å². The van der Waals surface area contributed by atoms with Crippen LogP contribution in [-0.4, -0.2) is 0 Å². The molecular formula is CoEr3. The first-order valence-corrected chi connectivity index (χ1v) is 0. The van der Waals surface area contributed by atoms with Gasteiger partial charge in [-0.1, -0.05) is 0 Å². The van der Waals surface area contributed by atoms with Crippen molar-refractivity contribution in [2.24, 2.45) is 0 Å². The van der Waals surface area contributed by atoms with Gasteiger partial charge in [-0.15, -0.1) is 0 Å². The van der Waals surface area contributed by atoms with Crippen molar-refractivity contribution in [3.63, 3.8) is 0 Å². The Morgan fingerprint density at radius 1 is 0.500 bits per heavy atom. The van der Waals surface area contributed by atoms with Crippen LogP contribution in [0.15, 0.2) is 0 Å². The second kappa shape index (κ2) is 15.7. The van der Waals surface area contributed by atoms with Gasteiger partial charge >= 0.3 is 0 Å². The van der Waals surface area contributed by atoms with Gasteiger partial charge in [-0.25, -0.2) is 0 Å². The molecule has 0 N–H and O–H groups in total. The van der Waals surface area contributed by atoms with Gasteiger partial charge in [-0.2, -0.15) is 0 Å². The predicted octanol–water partition coefficient (Wildman–Crippen LogP) is -0.00250. The molecule has 4 heteroatoms. The Kier molecular flexibility index (Phi) is 94.1. The summed E-state index contributed by atoms with van der Waals surface area (Å²) in [4.78, 5) is 0. The van der Waals surface area contributed by atoms with Gasteiger partial charge < -0.3 is 0 Å². The summed E-state index contributed by atoms with van der Waals surface area (Å²) in [6.45, 7) is 0. The summed E-state index contributed by atoms with van der Waals surface area (Å²) in [5.74, 6) is 0. The number of rotatable bonds is 0. The second-order valence-electron chi connectivity index (χ2n) is 0. The SMILES string of the molecule is [Co].[Er].[Er].[Er]. The summed E-state index contributed by atoms with van der Waals surface area (Å²) < 4.78 is 0. The molecule has 0 fully saturated rings. The molecule has 0 saturated carbocycles. The van der Waals surface area contributed by atoms with Crippen LogP contribution in [-0.2, 0) is 16.8 Å². The van der Waals surface area contributed by atoms with Gasteiger partial charge in [0.1, 0.15) is 0 Å². The Bertz CT molecular complexity index is 3.25. The van der Waals surface area contributed by atoms with Crippen molar-refractivity contribution in [2.75, 3.05) is 0 Å². The van der Waals surface area contributed by atoms with E-state index in [1.165, 1.54) is 0 Å². The third kappa shape index (κ3) is 9.54. The van der Waals surface area contributed by atoms with E-state index < -0.39 is 0 Å². The Balaban J connectivity index is 0. The van der Waals surface area contributed by atoms with E-state index in [1.54, 1.807) is 0 Å². The fraction of sp³-hybridized carbons (Fsp3) is 0. The molecular weight excluding hydrogens is 561 g/mol. The molecule has 0 heterocycles.